The van der Waals surface area contributed by atoms with Crippen LogP contribution in [0.3, 0.4) is 0 Å². The fourth-order valence-corrected chi connectivity index (χ4v) is 1.89. The van der Waals surface area contributed by atoms with Crippen LogP contribution in [-0.4, -0.2) is 39.3 Å². The Bertz CT molecular complexity index is 181. The van der Waals surface area contributed by atoms with Gasteiger partial charge in [0.05, 0.1) is 0 Å². The van der Waals surface area contributed by atoms with E-state index < -0.39 is 0 Å². The minimum atomic E-state index is 1.02. The summed E-state index contributed by atoms with van der Waals surface area (Å²) in [5, 5.41) is 10.2. The third-order valence-electron chi connectivity index (χ3n) is 3.04. The first-order valence-corrected chi connectivity index (χ1v) is 8.19. The van der Waals surface area contributed by atoms with Crippen LogP contribution in [0.1, 0.15) is 52.4 Å². The fourth-order valence-electron chi connectivity index (χ4n) is 1.89. The van der Waals surface area contributed by atoms with Crippen molar-refractivity contribution >= 4 is 0 Å². The largest absolute Gasteiger partial charge is 0.317 e. The van der Waals surface area contributed by atoms with Crippen molar-refractivity contribution in [2.75, 3.05) is 39.3 Å². The normalized spacial score (nSPS) is 11.5. The predicted octanol–water partition coefficient (Wildman–Crippen LogP) is 2.69. The van der Waals surface area contributed by atoms with Crippen LogP contribution in [0.15, 0.2) is 12.2 Å². The molecule has 0 amide bonds. The highest BCUT2D eigenvalue weighted by Crippen LogP contribution is 1.99. The van der Waals surface area contributed by atoms with E-state index in [-0.39, 0.29) is 0 Å². The molecule has 3 N–H and O–H groups in total. The maximum absolute atomic E-state index is 3.44. The smallest absolute Gasteiger partial charge is 0.0134 e. The predicted molar refractivity (Wildman–Crippen MR) is 86.8 cm³/mol. The van der Waals surface area contributed by atoms with Gasteiger partial charge in [0.1, 0.15) is 0 Å². The number of unbranched alkanes of at least 4 members (excludes halogenated alkanes) is 3. The van der Waals surface area contributed by atoms with E-state index in [2.05, 4.69) is 41.9 Å². The van der Waals surface area contributed by atoms with Crippen LogP contribution in [-0.2, 0) is 0 Å². The van der Waals surface area contributed by atoms with E-state index in [1.54, 1.807) is 0 Å². The van der Waals surface area contributed by atoms with Gasteiger partial charge in [-0.15, -0.1) is 0 Å². The Balaban J connectivity index is 3.01. The van der Waals surface area contributed by atoms with Crippen molar-refractivity contribution in [3.05, 3.63) is 12.2 Å². The molecular weight excluding hydrogens is 234 g/mol. The molecule has 3 heteroatoms. The van der Waals surface area contributed by atoms with Crippen LogP contribution < -0.4 is 16.0 Å². The molecule has 0 aliphatic rings. The first kappa shape index (κ1) is 18.6. The number of hydrogen-bond acceptors (Lipinski definition) is 3. The van der Waals surface area contributed by atoms with Gasteiger partial charge >= 0.3 is 0 Å². The van der Waals surface area contributed by atoms with E-state index in [4.69, 9.17) is 0 Å². The molecule has 0 aliphatic carbocycles. The topological polar surface area (TPSA) is 36.1 Å². The monoisotopic (exact) mass is 269 g/mol. The van der Waals surface area contributed by atoms with Gasteiger partial charge in [-0.3, -0.25) is 0 Å². The number of rotatable bonds is 15. The van der Waals surface area contributed by atoms with Crippen molar-refractivity contribution < 1.29 is 0 Å². The summed E-state index contributed by atoms with van der Waals surface area (Å²) in [5.74, 6) is 0. The first-order valence-electron chi connectivity index (χ1n) is 8.19. The third-order valence-corrected chi connectivity index (χ3v) is 3.04. The van der Waals surface area contributed by atoms with Gasteiger partial charge in [0, 0.05) is 6.54 Å². The molecule has 0 aromatic heterocycles. The molecule has 0 rings (SSSR count). The Morgan fingerprint density at radius 1 is 0.684 bits per heavy atom. The molecular formula is C16H35N3. The summed E-state index contributed by atoms with van der Waals surface area (Å²) in [5.41, 5.74) is 0. The molecule has 0 spiro atoms. The molecule has 0 heterocycles. The zero-order valence-electron chi connectivity index (χ0n) is 13.1. The molecule has 0 saturated heterocycles. The van der Waals surface area contributed by atoms with E-state index in [1.807, 2.05) is 0 Å². The van der Waals surface area contributed by atoms with Crippen LogP contribution in [0.25, 0.3) is 0 Å². The van der Waals surface area contributed by atoms with Gasteiger partial charge < -0.3 is 16.0 Å². The van der Waals surface area contributed by atoms with E-state index in [9.17, 15) is 0 Å². The highest BCUT2D eigenvalue weighted by molar-refractivity contribution is 4.83. The van der Waals surface area contributed by atoms with E-state index in [0.29, 0.717) is 0 Å². The summed E-state index contributed by atoms with van der Waals surface area (Å²) in [6.07, 6.45) is 12.3. The SMILES string of the molecule is CCCNCCCCC/C=C\CNCCCNCC. The maximum atomic E-state index is 3.44. The van der Waals surface area contributed by atoms with Crippen molar-refractivity contribution in [3.63, 3.8) is 0 Å². The second-order valence-corrected chi connectivity index (χ2v) is 4.98. The minimum Gasteiger partial charge on any atom is -0.317 e. The molecule has 0 unspecified atom stereocenters. The molecule has 0 aromatic rings. The van der Waals surface area contributed by atoms with Crippen molar-refractivity contribution in [3.8, 4) is 0 Å². The van der Waals surface area contributed by atoms with Gasteiger partial charge in [-0.2, -0.15) is 0 Å². The van der Waals surface area contributed by atoms with Crippen LogP contribution in [0.5, 0.6) is 0 Å². The molecule has 0 radical (unpaired) electrons. The molecule has 114 valence electrons. The lowest BCUT2D eigenvalue weighted by molar-refractivity contribution is 0.601. The zero-order valence-corrected chi connectivity index (χ0v) is 13.1. The Hall–Kier alpha value is -0.380. The molecule has 0 fully saturated rings. The lowest BCUT2D eigenvalue weighted by Crippen LogP contribution is -2.21. The van der Waals surface area contributed by atoms with Gasteiger partial charge in [-0.05, 0) is 64.8 Å². The molecule has 19 heavy (non-hydrogen) atoms. The van der Waals surface area contributed by atoms with E-state index in [1.165, 1.54) is 51.6 Å². The third kappa shape index (κ3) is 17.6. The number of hydrogen-bond donors (Lipinski definition) is 3. The second-order valence-electron chi connectivity index (χ2n) is 4.98. The Morgan fingerprint density at radius 2 is 1.47 bits per heavy atom. The van der Waals surface area contributed by atoms with Crippen LogP contribution in [0.2, 0.25) is 0 Å². The summed E-state index contributed by atoms with van der Waals surface area (Å²) >= 11 is 0. The van der Waals surface area contributed by atoms with Crippen molar-refractivity contribution in [1.82, 2.24) is 16.0 Å². The molecule has 0 aromatic carbocycles. The lowest BCUT2D eigenvalue weighted by Gasteiger charge is -2.02. The van der Waals surface area contributed by atoms with Gasteiger partial charge in [0.15, 0.2) is 0 Å². The van der Waals surface area contributed by atoms with Crippen LogP contribution in [0, 0.1) is 0 Å². The summed E-state index contributed by atoms with van der Waals surface area (Å²) in [6.45, 7) is 11.0. The second kappa shape index (κ2) is 17.6. The highest BCUT2D eigenvalue weighted by atomic mass is 14.9. The number of allylic oxidation sites excluding steroid dienone is 1. The van der Waals surface area contributed by atoms with E-state index >= 15 is 0 Å². The minimum absolute atomic E-state index is 1.02. The lowest BCUT2D eigenvalue weighted by atomic mass is 10.2. The average molecular weight is 269 g/mol. The van der Waals surface area contributed by atoms with Gasteiger partial charge in [0.25, 0.3) is 0 Å². The van der Waals surface area contributed by atoms with Gasteiger partial charge in [0.2, 0.25) is 0 Å². The number of nitrogens with one attached hydrogen (secondary N) is 3. The van der Waals surface area contributed by atoms with Crippen molar-refractivity contribution in [1.29, 1.82) is 0 Å². The molecule has 0 aliphatic heterocycles. The zero-order chi connectivity index (χ0) is 14.0. The van der Waals surface area contributed by atoms with E-state index in [0.717, 1.165) is 26.2 Å². The summed E-state index contributed by atoms with van der Waals surface area (Å²) in [4.78, 5) is 0. The fraction of sp³-hybridized carbons (Fsp3) is 0.875. The summed E-state index contributed by atoms with van der Waals surface area (Å²) < 4.78 is 0. The van der Waals surface area contributed by atoms with Crippen molar-refractivity contribution in [2.45, 2.75) is 52.4 Å². The Kier molecular flexibility index (Phi) is 17.3. The molecule has 0 atom stereocenters. The highest BCUT2D eigenvalue weighted by Gasteiger charge is 1.88. The molecule has 0 bridgehead atoms. The molecule has 3 nitrogen and oxygen atoms in total. The van der Waals surface area contributed by atoms with Crippen LogP contribution >= 0.6 is 0 Å². The standard InChI is InChI=1S/C16H35N3/c1-3-12-18-13-9-7-5-6-8-10-14-19-16-11-15-17-4-2/h8,10,17-19H,3-7,9,11-16H2,1-2H3/b10-8-. The maximum Gasteiger partial charge on any atom is 0.0134 e. The quantitative estimate of drug-likeness (QED) is 0.316. The van der Waals surface area contributed by atoms with Crippen molar-refractivity contribution in [2.24, 2.45) is 0 Å². The Labute approximate surface area is 120 Å². The molecule has 0 saturated carbocycles. The van der Waals surface area contributed by atoms with Crippen LogP contribution in [0.4, 0.5) is 0 Å². The Morgan fingerprint density at radius 3 is 2.26 bits per heavy atom. The average Bonchev–Trinajstić information content (AvgIpc) is 2.43. The first-order chi connectivity index (χ1) is 9.41. The van der Waals surface area contributed by atoms with Gasteiger partial charge in [-0.1, -0.05) is 32.4 Å². The summed E-state index contributed by atoms with van der Waals surface area (Å²) in [6, 6.07) is 0. The van der Waals surface area contributed by atoms with Gasteiger partial charge in [-0.25, -0.2) is 0 Å². The summed E-state index contributed by atoms with van der Waals surface area (Å²) in [7, 11) is 0.